The molecule has 0 radical (unpaired) electrons. The summed E-state index contributed by atoms with van der Waals surface area (Å²) in [5.74, 6) is 0. The Morgan fingerprint density at radius 3 is 2.27 bits per heavy atom. The van der Waals surface area contributed by atoms with Crippen LogP contribution in [0.15, 0.2) is 0 Å². The largest absolute Gasteiger partial charge is 0.470 e. The Labute approximate surface area is 69.9 Å². The lowest BCUT2D eigenvalue weighted by molar-refractivity contribution is 0.176. The van der Waals surface area contributed by atoms with E-state index < -0.39 is 8.07 Å². The summed E-state index contributed by atoms with van der Waals surface area (Å²) in [5.41, 5.74) is 0.0573. The van der Waals surface area contributed by atoms with Crippen molar-refractivity contribution >= 4 is 13.7 Å². The molecule has 3 heteroatoms. The van der Waals surface area contributed by atoms with E-state index in [0.29, 0.717) is 6.61 Å². The van der Waals surface area contributed by atoms with Crippen molar-refractivity contribution in [3.05, 3.63) is 0 Å². The van der Waals surface area contributed by atoms with E-state index in [1.54, 1.807) is 0 Å². The maximum atomic E-state index is 11.3. The Morgan fingerprint density at radius 1 is 1.36 bits per heavy atom. The lowest BCUT2D eigenvalue weighted by Crippen LogP contribution is -2.37. The zero-order chi connectivity index (χ0) is 8.91. The van der Waals surface area contributed by atoms with Crippen molar-refractivity contribution in [3.63, 3.8) is 0 Å². The Morgan fingerprint density at radius 2 is 1.91 bits per heavy atom. The van der Waals surface area contributed by atoms with Gasteiger partial charge in [-0.25, -0.2) is 0 Å². The standard InChI is InChI=1S/C8H18O2Si/c1-5-7-11(3,4)8(9)10-6-2/h5-7H2,1-4H3. The number of hydrogen-bond donors (Lipinski definition) is 0. The first-order valence-electron chi connectivity index (χ1n) is 4.21. The molecule has 0 aliphatic rings. The Balaban J connectivity index is 3.94. The molecule has 0 bridgehead atoms. The summed E-state index contributed by atoms with van der Waals surface area (Å²) in [6.07, 6.45) is 1.08. The second-order valence-electron chi connectivity index (χ2n) is 3.35. The van der Waals surface area contributed by atoms with E-state index in [-0.39, 0.29) is 5.59 Å². The van der Waals surface area contributed by atoms with Crippen LogP contribution in [0.3, 0.4) is 0 Å². The molecule has 0 aliphatic heterocycles. The van der Waals surface area contributed by atoms with Gasteiger partial charge in [-0.1, -0.05) is 26.4 Å². The van der Waals surface area contributed by atoms with Gasteiger partial charge in [-0.15, -0.1) is 0 Å². The highest BCUT2D eigenvalue weighted by Gasteiger charge is 2.30. The topological polar surface area (TPSA) is 26.3 Å². The van der Waals surface area contributed by atoms with Gasteiger partial charge in [0.15, 0.2) is 8.07 Å². The van der Waals surface area contributed by atoms with E-state index in [2.05, 4.69) is 20.0 Å². The van der Waals surface area contributed by atoms with Crippen molar-refractivity contribution in [2.75, 3.05) is 6.61 Å². The lowest BCUT2D eigenvalue weighted by atomic mass is 10.6. The van der Waals surface area contributed by atoms with Gasteiger partial charge in [0.1, 0.15) is 0 Å². The highest BCUT2D eigenvalue weighted by atomic mass is 28.3. The Hall–Kier alpha value is -0.313. The van der Waals surface area contributed by atoms with Crippen LogP contribution in [0.5, 0.6) is 0 Å². The van der Waals surface area contributed by atoms with Crippen LogP contribution >= 0.6 is 0 Å². The molecule has 0 fully saturated rings. The van der Waals surface area contributed by atoms with E-state index in [4.69, 9.17) is 4.74 Å². The van der Waals surface area contributed by atoms with Crippen LogP contribution in [0.2, 0.25) is 19.1 Å². The highest BCUT2D eigenvalue weighted by molar-refractivity contribution is 7.03. The average molecular weight is 174 g/mol. The first-order chi connectivity index (χ1) is 5.04. The SMILES string of the molecule is CCC[Si](C)(C)C(=O)OCC. The van der Waals surface area contributed by atoms with Crippen molar-refractivity contribution < 1.29 is 9.53 Å². The van der Waals surface area contributed by atoms with Gasteiger partial charge in [0.05, 0.1) is 6.61 Å². The summed E-state index contributed by atoms with van der Waals surface area (Å²) in [6.45, 7) is 8.60. The molecule has 0 saturated heterocycles. The molecule has 0 heterocycles. The number of hydrogen-bond acceptors (Lipinski definition) is 2. The predicted octanol–water partition coefficient (Wildman–Crippen LogP) is 2.84. The van der Waals surface area contributed by atoms with E-state index in [0.717, 1.165) is 12.5 Å². The molecule has 0 aromatic rings. The monoisotopic (exact) mass is 174 g/mol. The van der Waals surface area contributed by atoms with Crippen LogP contribution in [-0.4, -0.2) is 20.3 Å². The fourth-order valence-electron chi connectivity index (χ4n) is 1.05. The van der Waals surface area contributed by atoms with Crippen LogP contribution < -0.4 is 0 Å². The molecule has 66 valence electrons. The van der Waals surface area contributed by atoms with Crippen LogP contribution in [-0.2, 0) is 4.74 Å². The smallest absolute Gasteiger partial charge is 0.271 e. The molecule has 0 saturated carbocycles. The highest BCUT2D eigenvalue weighted by Crippen LogP contribution is 2.14. The van der Waals surface area contributed by atoms with E-state index in [9.17, 15) is 4.79 Å². The second kappa shape index (κ2) is 4.54. The van der Waals surface area contributed by atoms with Crippen molar-refractivity contribution in [1.82, 2.24) is 0 Å². The maximum absolute atomic E-state index is 11.3. The van der Waals surface area contributed by atoms with Crippen molar-refractivity contribution in [2.45, 2.75) is 39.4 Å². The zero-order valence-corrected chi connectivity index (χ0v) is 8.94. The van der Waals surface area contributed by atoms with E-state index in [1.165, 1.54) is 0 Å². The number of carbonyl (C=O) groups excluding carboxylic acids is 1. The predicted molar refractivity (Wildman–Crippen MR) is 49.6 cm³/mol. The van der Waals surface area contributed by atoms with Crippen LogP contribution in [0.4, 0.5) is 4.79 Å². The maximum Gasteiger partial charge on any atom is 0.271 e. The summed E-state index contributed by atoms with van der Waals surface area (Å²) in [7, 11) is -1.69. The molecular weight excluding hydrogens is 156 g/mol. The van der Waals surface area contributed by atoms with Crippen molar-refractivity contribution in [2.24, 2.45) is 0 Å². The van der Waals surface area contributed by atoms with Gasteiger partial charge in [-0.2, -0.15) is 0 Å². The van der Waals surface area contributed by atoms with E-state index in [1.807, 2.05) is 6.92 Å². The molecule has 0 aromatic heterocycles. The van der Waals surface area contributed by atoms with E-state index >= 15 is 0 Å². The van der Waals surface area contributed by atoms with Crippen LogP contribution in [0.1, 0.15) is 20.3 Å². The van der Waals surface area contributed by atoms with Crippen LogP contribution in [0, 0.1) is 0 Å². The first kappa shape index (κ1) is 10.7. The third-order valence-electron chi connectivity index (χ3n) is 1.70. The molecule has 0 aromatic carbocycles. The third-order valence-corrected chi connectivity index (χ3v) is 4.70. The molecule has 0 aliphatic carbocycles. The van der Waals surface area contributed by atoms with Crippen molar-refractivity contribution in [3.8, 4) is 0 Å². The molecule has 0 unspecified atom stereocenters. The van der Waals surface area contributed by atoms with Gasteiger partial charge in [0, 0.05) is 0 Å². The zero-order valence-electron chi connectivity index (χ0n) is 7.94. The Bertz CT molecular complexity index is 132. The fraction of sp³-hybridized carbons (Fsp3) is 0.875. The normalized spacial score (nSPS) is 11.3. The lowest BCUT2D eigenvalue weighted by Gasteiger charge is -2.18. The summed E-state index contributed by atoms with van der Waals surface area (Å²) >= 11 is 0. The number of carbonyl (C=O) groups is 1. The van der Waals surface area contributed by atoms with Gasteiger partial charge >= 0.3 is 0 Å². The number of ether oxygens (including phenoxy) is 1. The Kier molecular flexibility index (Phi) is 4.41. The molecule has 0 amide bonds. The molecule has 0 atom stereocenters. The van der Waals surface area contributed by atoms with Gasteiger partial charge in [0.25, 0.3) is 5.59 Å². The first-order valence-corrected chi connectivity index (χ1v) is 7.42. The minimum atomic E-state index is -1.69. The van der Waals surface area contributed by atoms with Gasteiger partial charge in [-0.3, -0.25) is 4.79 Å². The summed E-state index contributed by atoms with van der Waals surface area (Å²) in [6, 6.07) is 1.03. The van der Waals surface area contributed by atoms with Crippen molar-refractivity contribution in [1.29, 1.82) is 0 Å². The fourth-order valence-corrected chi connectivity index (χ4v) is 3.04. The third kappa shape index (κ3) is 3.56. The quantitative estimate of drug-likeness (QED) is 0.613. The minimum Gasteiger partial charge on any atom is -0.470 e. The summed E-state index contributed by atoms with van der Waals surface area (Å²) in [5, 5.41) is 0. The average Bonchev–Trinajstić information content (AvgIpc) is 1.88. The second-order valence-corrected chi connectivity index (χ2v) is 8.03. The minimum absolute atomic E-state index is 0.0573. The molecular formula is C8H18O2Si. The molecule has 0 spiro atoms. The molecule has 2 nitrogen and oxygen atoms in total. The molecule has 0 rings (SSSR count). The van der Waals surface area contributed by atoms with Crippen LogP contribution in [0.25, 0.3) is 0 Å². The van der Waals surface area contributed by atoms with Gasteiger partial charge in [-0.05, 0) is 13.0 Å². The molecule has 11 heavy (non-hydrogen) atoms. The van der Waals surface area contributed by atoms with Gasteiger partial charge < -0.3 is 4.74 Å². The van der Waals surface area contributed by atoms with Gasteiger partial charge in [0.2, 0.25) is 0 Å². The molecule has 0 N–H and O–H groups in total. The number of rotatable bonds is 4. The summed E-state index contributed by atoms with van der Waals surface area (Å²) < 4.78 is 4.98. The summed E-state index contributed by atoms with van der Waals surface area (Å²) in [4.78, 5) is 11.3.